The Morgan fingerprint density at radius 1 is 1.28 bits per heavy atom. The molecule has 0 saturated carbocycles. The van der Waals surface area contributed by atoms with Crippen molar-refractivity contribution in [2.45, 2.75) is 39.7 Å². The summed E-state index contributed by atoms with van der Waals surface area (Å²) in [6.07, 6.45) is 2.77. The first-order chi connectivity index (χ1) is 12.0. The van der Waals surface area contributed by atoms with Crippen molar-refractivity contribution in [2.24, 2.45) is 0 Å². The van der Waals surface area contributed by atoms with Crippen molar-refractivity contribution in [2.75, 3.05) is 26.2 Å². The Balaban J connectivity index is 1.60. The van der Waals surface area contributed by atoms with E-state index in [0.29, 0.717) is 23.9 Å². The van der Waals surface area contributed by atoms with Crippen molar-refractivity contribution in [3.8, 4) is 0 Å². The smallest absolute Gasteiger partial charge is 0.276 e. The molecule has 0 spiro atoms. The fraction of sp³-hybridized carbons (Fsp3) is 0.556. The van der Waals surface area contributed by atoms with Crippen LogP contribution in [0.4, 0.5) is 0 Å². The van der Waals surface area contributed by atoms with E-state index < -0.39 is 0 Å². The Kier molecular flexibility index (Phi) is 5.43. The highest BCUT2D eigenvalue weighted by Crippen LogP contribution is 2.13. The van der Waals surface area contributed by atoms with Crippen LogP contribution in [0.5, 0.6) is 0 Å². The Morgan fingerprint density at radius 2 is 2.12 bits per heavy atom. The number of nitrogens with zero attached hydrogens (tertiary/aromatic N) is 5. The molecule has 7 nitrogen and oxygen atoms in total. The number of carbonyl (C=O) groups is 1. The van der Waals surface area contributed by atoms with Crippen molar-refractivity contribution in [1.29, 1.82) is 0 Å². The fourth-order valence-electron chi connectivity index (χ4n) is 2.97. The van der Waals surface area contributed by atoms with E-state index >= 15 is 0 Å². The third kappa shape index (κ3) is 4.42. The number of rotatable bonds is 4. The van der Waals surface area contributed by atoms with Crippen molar-refractivity contribution >= 4 is 5.91 Å². The molecule has 2 aromatic rings. The molecule has 1 fully saturated rings. The molecule has 1 aliphatic rings. The zero-order valence-corrected chi connectivity index (χ0v) is 15.1. The molecule has 3 rings (SSSR count). The van der Waals surface area contributed by atoms with Gasteiger partial charge >= 0.3 is 0 Å². The van der Waals surface area contributed by atoms with E-state index in [1.165, 1.54) is 0 Å². The summed E-state index contributed by atoms with van der Waals surface area (Å²) >= 11 is 0. The molecular formula is C18H25N5O2. The minimum atomic E-state index is -0.0529. The van der Waals surface area contributed by atoms with Gasteiger partial charge in [0.25, 0.3) is 5.91 Å². The Labute approximate surface area is 148 Å². The predicted molar refractivity (Wildman–Crippen MR) is 93.2 cm³/mol. The van der Waals surface area contributed by atoms with Crippen molar-refractivity contribution in [1.82, 2.24) is 24.9 Å². The maximum atomic E-state index is 12.5. The van der Waals surface area contributed by atoms with E-state index in [0.717, 1.165) is 44.1 Å². The van der Waals surface area contributed by atoms with Crippen molar-refractivity contribution in [3.05, 3.63) is 41.3 Å². The number of aromatic nitrogens is 3. The molecule has 0 bridgehead atoms. The van der Waals surface area contributed by atoms with E-state index in [1.807, 2.05) is 17.2 Å². The van der Waals surface area contributed by atoms with Gasteiger partial charge in [-0.3, -0.25) is 9.69 Å². The summed E-state index contributed by atoms with van der Waals surface area (Å²) in [6, 6.07) is 3.66. The summed E-state index contributed by atoms with van der Waals surface area (Å²) in [4.78, 5) is 25.7. The molecule has 1 aliphatic heterocycles. The summed E-state index contributed by atoms with van der Waals surface area (Å²) in [5.74, 6) is 1.81. The van der Waals surface area contributed by atoms with Gasteiger partial charge in [0, 0.05) is 50.9 Å². The summed E-state index contributed by atoms with van der Waals surface area (Å²) in [5, 5.41) is 3.84. The molecule has 2 aromatic heterocycles. The van der Waals surface area contributed by atoms with Gasteiger partial charge in [-0.15, -0.1) is 0 Å². The second kappa shape index (κ2) is 7.74. The van der Waals surface area contributed by atoms with Gasteiger partial charge in [-0.2, -0.15) is 0 Å². The van der Waals surface area contributed by atoms with E-state index in [9.17, 15) is 4.79 Å². The summed E-state index contributed by atoms with van der Waals surface area (Å²) in [6.45, 7) is 9.97. The van der Waals surface area contributed by atoms with Crippen LogP contribution in [0.3, 0.4) is 0 Å². The van der Waals surface area contributed by atoms with Crippen molar-refractivity contribution < 1.29 is 9.32 Å². The van der Waals surface area contributed by atoms with Crippen LogP contribution in [0.1, 0.15) is 54.0 Å². The maximum absolute atomic E-state index is 12.5. The highest BCUT2D eigenvalue weighted by molar-refractivity contribution is 5.92. The first-order valence-electron chi connectivity index (χ1n) is 8.79. The molecule has 134 valence electrons. The molecule has 0 aliphatic carbocycles. The standard InChI is InChI=1S/C18H25N5O2/c1-13(2)17-19-6-5-15(20-17)12-22-7-4-8-23(10-9-22)18(24)16-11-14(3)25-21-16/h5-6,11,13H,4,7-10,12H2,1-3H3. The van der Waals surface area contributed by atoms with Crippen LogP contribution >= 0.6 is 0 Å². The lowest BCUT2D eigenvalue weighted by Gasteiger charge is -2.21. The molecule has 1 amide bonds. The number of hydrogen-bond acceptors (Lipinski definition) is 6. The lowest BCUT2D eigenvalue weighted by molar-refractivity contribution is 0.0750. The summed E-state index contributed by atoms with van der Waals surface area (Å²) in [7, 11) is 0. The Bertz CT molecular complexity index is 728. The van der Waals surface area contributed by atoms with Gasteiger partial charge < -0.3 is 9.42 Å². The SMILES string of the molecule is Cc1cc(C(=O)N2CCCN(Cc3ccnc(C(C)C)n3)CC2)no1. The maximum Gasteiger partial charge on any atom is 0.276 e. The average Bonchev–Trinajstić information content (AvgIpc) is 2.90. The van der Waals surface area contributed by atoms with Crippen LogP contribution in [0, 0.1) is 6.92 Å². The zero-order valence-electron chi connectivity index (χ0n) is 15.1. The molecular weight excluding hydrogens is 318 g/mol. The number of aryl methyl sites for hydroxylation is 1. The third-order valence-electron chi connectivity index (χ3n) is 4.36. The Hall–Kier alpha value is -2.28. The molecule has 0 unspecified atom stereocenters. The summed E-state index contributed by atoms with van der Waals surface area (Å²) in [5.41, 5.74) is 1.42. The largest absolute Gasteiger partial charge is 0.361 e. The average molecular weight is 343 g/mol. The minimum Gasteiger partial charge on any atom is -0.361 e. The van der Waals surface area contributed by atoms with Crippen LogP contribution in [0.25, 0.3) is 0 Å². The van der Waals surface area contributed by atoms with Gasteiger partial charge in [-0.25, -0.2) is 9.97 Å². The van der Waals surface area contributed by atoms with Crippen LogP contribution in [-0.2, 0) is 6.54 Å². The van der Waals surface area contributed by atoms with E-state index in [-0.39, 0.29) is 5.91 Å². The van der Waals surface area contributed by atoms with Gasteiger partial charge in [-0.05, 0) is 19.4 Å². The topological polar surface area (TPSA) is 75.4 Å². The van der Waals surface area contributed by atoms with E-state index in [1.54, 1.807) is 13.0 Å². The first-order valence-corrected chi connectivity index (χ1v) is 8.79. The lowest BCUT2D eigenvalue weighted by Crippen LogP contribution is -2.35. The van der Waals surface area contributed by atoms with Crippen LogP contribution in [0.15, 0.2) is 22.9 Å². The molecule has 0 aromatic carbocycles. The molecule has 0 atom stereocenters. The quantitative estimate of drug-likeness (QED) is 0.847. The molecule has 3 heterocycles. The third-order valence-corrected chi connectivity index (χ3v) is 4.36. The number of carbonyl (C=O) groups excluding carboxylic acids is 1. The number of hydrogen-bond donors (Lipinski definition) is 0. The number of amides is 1. The zero-order chi connectivity index (χ0) is 17.8. The fourth-order valence-corrected chi connectivity index (χ4v) is 2.97. The molecule has 0 radical (unpaired) electrons. The minimum absolute atomic E-state index is 0.0529. The first kappa shape index (κ1) is 17.5. The summed E-state index contributed by atoms with van der Waals surface area (Å²) < 4.78 is 5.02. The second-order valence-electron chi connectivity index (χ2n) is 6.81. The van der Waals surface area contributed by atoms with Gasteiger partial charge in [0.15, 0.2) is 5.69 Å². The van der Waals surface area contributed by atoms with E-state index in [2.05, 4.69) is 33.9 Å². The lowest BCUT2D eigenvalue weighted by atomic mass is 10.2. The Morgan fingerprint density at radius 3 is 2.84 bits per heavy atom. The van der Waals surface area contributed by atoms with Crippen LogP contribution in [-0.4, -0.2) is 57.0 Å². The molecule has 25 heavy (non-hydrogen) atoms. The van der Waals surface area contributed by atoms with Gasteiger partial charge in [0.2, 0.25) is 0 Å². The molecule has 0 N–H and O–H groups in total. The van der Waals surface area contributed by atoms with Gasteiger partial charge in [0.1, 0.15) is 11.6 Å². The van der Waals surface area contributed by atoms with Crippen LogP contribution in [0.2, 0.25) is 0 Å². The van der Waals surface area contributed by atoms with Crippen LogP contribution < -0.4 is 0 Å². The second-order valence-corrected chi connectivity index (χ2v) is 6.81. The highest BCUT2D eigenvalue weighted by Gasteiger charge is 2.22. The van der Waals surface area contributed by atoms with E-state index in [4.69, 9.17) is 4.52 Å². The monoisotopic (exact) mass is 343 g/mol. The highest BCUT2D eigenvalue weighted by atomic mass is 16.5. The normalized spacial score (nSPS) is 16.2. The molecule has 1 saturated heterocycles. The van der Waals surface area contributed by atoms with Crippen molar-refractivity contribution in [3.63, 3.8) is 0 Å². The predicted octanol–water partition coefficient (Wildman–Crippen LogP) is 2.24. The van der Waals surface area contributed by atoms with Gasteiger partial charge in [0.05, 0.1) is 5.69 Å². The molecule has 7 heteroatoms. The van der Waals surface area contributed by atoms with Gasteiger partial charge in [-0.1, -0.05) is 19.0 Å².